The van der Waals surface area contributed by atoms with Crippen molar-refractivity contribution in [1.82, 2.24) is 5.32 Å². The number of hydrogen-bond donors (Lipinski definition) is 2. The van der Waals surface area contributed by atoms with Crippen molar-refractivity contribution < 1.29 is 14.3 Å². The number of thioether (sulfide) groups is 1. The van der Waals surface area contributed by atoms with E-state index in [2.05, 4.69) is 5.32 Å². The van der Waals surface area contributed by atoms with Gasteiger partial charge in [0.25, 0.3) is 5.24 Å². The molecule has 5 nitrogen and oxygen atoms in total. The van der Waals surface area contributed by atoms with E-state index in [0.29, 0.717) is 12.3 Å². The number of hydrogen-bond acceptors (Lipinski definition) is 5. The molecule has 1 amide bonds. The Bertz CT molecular complexity index is 285. The molecule has 0 unspecified atom stereocenters. The lowest BCUT2D eigenvalue weighted by molar-refractivity contribution is -0.161. The van der Waals surface area contributed by atoms with Crippen LogP contribution in [0.4, 0.5) is 4.79 Å². The van der Waals surface area contributed by atoms with Crippen LogP contribution in [0.15, 0.2) is 0 Å². The van der Waals surface area contributed by atoms with E-state index in [-0.39, 0.29) is 5.24 Å². The highest BCUT2D eigenvalue weighted by Crippen LogP contribution is 2.15. The van der Waals surface area contributed by atoms with Crippen molar-refractivity contribution in [1.29, 1.82) is 0 Å². The van der Waals surface area contributed by atoms with Gasteiger partial charge >= 0.3 is 5.97 Å². The van der Waals surface area contributed by atoms with Crippen molar-refractivity contribution in [3.63, 3.8) is 0 Å². The topological polar surface area (TPSA) is 81.4 Å². The number of rotatable bonds is 4. The molecule has 0 aromatic rings. The highest BCUT2D eigenvalue weighted by molar-refractivity contribution is 8.13. The maximum Gasteiger partial charge on any atom is 0.331 e. The second kappa shape index (κ2) is 6.26. The van der Waals surface area contributed by atoms with Crippen LogP contribution in [0.2, 0.25) is 0 Å². The number of esters is 1. The predicted molar refractivity (Wildman–Crippen MR) is 70.0 cm³/mol. The third-order valence-corrected chi connectivity index (χ3v) is 2.48. The Morgan fingerprint density at radius 2 is 1.76 bits per heavy atom. The van der Waals surface area contributed by atoms with Crippen LogP contribution < -0.4 is 11.1 Å². The second-order valence-corrected chi connectivity index (χ2v) is 6.24. The van der Waals surface area contributed by atoms with Crippen LogP contribution in [0.3, 0.4) is 0 Å². The van der Waals surface area contributed by atoms with Gasteiger partial charge in [-0.25, -0.2) is 4.79 Å². The largest absolute Gasteiger partial charge is 0.458 e. The van der Waals surface area contributed by atoms with Crippen molar-refractivity contribution in [2.75, 3.05) is 12.3 Å². The fourth-order valence-corrected chi connectivity index (χ4v) is 1.53. The maximum atomic E-state index is 11.8. The first kappa shape index (κ1) is 16.2. The van der Waals surface area contributed by atoms with Gasteiger partial charge in [0.05, 0.1) is 0 Å². The minimum atomic E-state index is -1.04. The summed E-state index contributed by atoms with van der Waals surface area (Å²) in [6.45, 7) is 9.00. The fraction of sp³-hybridized carbons (Fsp3) is 0.818. The number of nitrogens with one attached hydrogen (secondary N) is 1. The quantitative estimate of drug-likeness (QED) is 0.750. The smallest absolute Gasteiger partial charge is 0.331 e. The van der Waals surface area contributed by atoms with Crippen LogP contribution in [-0.4, -0.2) is 34.6 Å². The minimum Gasteiger partial charge on any atom is -0.458 e. The monoisotopic (exact) mass is 262 g/mol. The average Bonchev–Trinajstić information content (AvgIpc) is 2.11. The molecule has 0 saturated carbocycles. The van der Waals surface area contributed by atoms with Gasteiger partial charge in [0.15, 0.2) is 0 Å². The number of amides is 1. The summed E-state index contributed by atoms with van der Waals surface area (Å²) in [5.41, 5.74) is 3.69. The van der Waals surface area contributed by atoms with E-state index in [0.717, 1.165) is 11.8 Å². The van der Waals surface area contributed by atoms with Crippen molar-refractivity contribution in [2.45, 2.75) is 45.8 Å². The molecule has 0 atom stereocenters. The zero-order chi connectivity index (χ0) is 13.7. The van der Waals surface area contributed by atoms with Gasteiger partial charge in [0.2, 0.25) is 0 Å². The molecule has 0 aliphatic rings. The Kier molecular flexibility index (Phi) is 5.98. The van der Waals surface area contributed by atoms with Gasteiger partial charge in [-0.1, -0.05) is 11.8 Å². The van der Waals surface area contributed by atoms with Gasteiger partial charge in [0, 0.05) is 12.3 Å². The van der Waals surface area contributed by atoms with Gasteiger partial charge in [-0.05, 0) is 34.6 Å². The number of carbonyl (C=O) groups excluding carboxylic acids is 2. The van der Waals surface area contributed by atoms with Gasteiger partial charge < -0.3 is 15.8 Å². The third kappa shape index (κ3) is 7.23. The zero-order valence-corrected chi connectivity index (χ0v) is 11.9. The van der Waals surface area contributed by atoms with Gasteiger partial charge in [-0.2, -0.15) is 0 Å². The predicted octanol–water partition coefficient (Wildman–Crippen LogP) is 1.51. The van der Waals surface area contributed by atoms with Crippen LogP contribution in [0.1, 0.15) is 34.6 Å². The maximum absolute atomic E-state index is 11.8. The number of carbonyl (C=O) groups is 2. The molecule has 0 fully saturated rings. The lowest BCUT2D eigenvalue weighted by Crippen LogP contribution is -2.51. The first-order valence-corrected chi connectivity index (χ1v) is 6.45. The van der Waals surface area contributed by atoms with Crippen molar-refractivity contribution >= 4 is 23.0 Å². The summed E-state index contributed by atoms with van der Waals surface area (Å²) in [6, 6.07) is 0. The van der Waals surface area contributed by atoms with Crippen LogP contribution >= 0.6 is 11.8 Å². The van der Waals surface area contributed by atoms with Gasteiger partial charge in [-0.3, -0.25) is 4.79 Å². The van der Waals surface area contributed by atoms with Crippen LogP contribution in [0.25, 0.3) is 0 Å². The molecule has 0 radical (unpaired) electrons. The Labute approximate surface area is 107 Å². The summed E-state index contributed by atoms with van der Waals surface area (Å²) in [5, 5.41) is 2.34. The number of ether oxygens (including phenoxy) is 1. The van der Waals surface area contributed by atoms with E-state index in [1.807, 2.05) is 0 Å². The first-order valence-electron chi connectivity index (χ1n) is 5.47. The molecule has 0 aliphatic carbocycles. The molecule has 0 spiro atoms. The Hall–Kier alpha value is -0.750. The third-order valence-electron chi connectivity index (χ3n) is 1.67. The van der Waals surface area contributed by atoms with Gasteiger partial charge in [-0.15, -0.1) is 0 Å². The molecule has 0 heterocycles. The molecular formula is C11H22N2O3S. The SMILES string of the molecule is CC(C)(C)OC(=O)C(C)(C)NC(=O)SCCN. The normalized spacial score (nSPS) is 12.1. The average molecular weight is 262 g/mol. The van der Waals surface area contributed by atoms with Crippen LogP contribution in [-0.2, 0) is 9.53 Å². The lowest BCUT2D eigenvalue weighted by Gasteiger charge is -2.29. The highest BCUT2D eigenvalue weighted by Gasteiger charge is 2.33. The summed E-state index contributed by atoms with van der Waals surface area (Å²) >= 11 is 1.06. The molecule has 0 aromatic heterocycles. The van der Waals surface area contributed by atoms with Crippen LogP contribution in [0, 0.1) is 0 Å². The van der Waals surface area contributed by atoms with E-state index >= 15 is 0 Å². The summed E-state index contributed by atoms with van der Waals surface area (Å²) in [6.07, 6.45) is 0. The molecule has 0 bridgehead atoms. The van der Waals surface area contributed by atoms with Crippen molar-refractivity contribution in [2.24, 2.45) is 5.73 Å². The lowest BCUT2D eigenvalue weighted by atomic mass is 10.1. The second-order valence-electron chi connectivity index (χ2n) is 5.18. The molecule has 0 saturated heterocycles. The Balaban J connectivity index is 4.36. The molecule has 17 heavy (non-hydrogen) atoms. The highest BCUT2D eigenvalue weighted by atomic mass is 32.2. The van der Waals surface area contributed by atoms with Crippen molar-refractivity contribution in [3.8, 4) is 0 Å². The molecule has 0 rings (SSSR count). The molecule has 3 N–H and O–H groups in total. The zero-order valence-electron chi connectivity index (χ0n) is 11.1. The van der Waals surface area contributed by atoms with E-state index in [1.54, 1.807) is 34.6 Å². The summed E-state index contributed by atoms with van der Waals surface area (Å²) in [7, 11) is 0. The van der Waals surface area contributed by atoms with E-state index in [1.165, 1.54) is 0 Å². The summed E-state index contributed by atoms with van der Waals surface area (Å²) in [5.74, 6) is 0.0719. The standard InChI is InChI=1S/C11H22N2O3S/c1-10(2,3)16-8(14)11(4,5)13-9(15)17-7-6-12/h6-7,12H2,1-5H3,(H,13,15). The minimum absolute atomic E-state index is 0.272. The molecule has 6 heteroatoms. The van der Waals surface area contributed by atoms with E-state index < -0.39 is 17.1 Å². The fourth-order valence-electron chi connectivity index (χ4n) is 0.900. The molecule has 0 aliphatic heterocycles. The van der Waals surface area contributed by atoms with Crippen LogP contribution in [0.5, 0.6) is 0 Å². The Morgan fingerprint density at radius 1 is 1.24 bits per heavy atom. The van der Waals surface area contributed by atoms with Gasteiger partial charge in [0.1, 0.15) is 11.1 Å². The number of nitrogens with two attached hydrogens (primary N) is 1. The van der Waals surface area contributed by atoms with Crippen molar-refractivity contribution in [3.05, 3.63) is 0 Å². The Morgan fingerprint density at radius 3 is 2.18 bits per heavy atom. The summed E-state index contributed by atoms with van der Waals surface area (Å²) < 4.78 is 5.22. The van der Waals surface area contributed by atoms with E-state index in [9.17, 15) is 9.59 Å². The molecular weight excluding hydrogens is 240 g/mol. The van der Waals surface area contributed by atoms with E-state index in [4.69, 9.17) is 10.5 Å². The molecule has 100 valence electrons. The molecule has 0 aromatic carbocycles. The summed E-state index contributed by atoms with van der Waals surface area (Å²) in [4.78, 5) is 23.3. The first-order chi connectivity index (χ1) is 7.58.